The van der Waals surface area contributed by atoms with Gasteiger partial charge in [0, 0.05) is 6.04 Å². The Labute approximate surface area is 88.8 Å². The second-order valence-electron chi connectivity index (χ2n) is 3.07. The highest BCUT2D eigenvalue weighted by molar-refractivity contribution is 6.42. The lowest BCUT2D eigenvalue weighted by Crippen LogP contribution is -2.08. The third-order valence-electron chi connectivity index (χ3n) is 2.08. The molecule has 0 aromatic heterocycles. The van der Waals surface area contributed by atoms with Crippen LogP contribution in [0.15, 0.2) is 12.1 Å². The summed E-state index contributed by atoms with van der Waals surface area (Å²) in [6.45, 7) is 3.99. The molecule has 13 heavy (non-hydrogen) atoms. The number of hydrogen-bond donors (Lipinski definition) is 1. The van der Waals surface area contributed by atoms with Crippen LogP contribution in [0, 0.1) is 0 Å². The zero-order valence-corrected chi connectivity index (χ0v) is 9.28. The minimum Gasteiger partial charge on any atom is -0.324 e. The summed E-state index contributed by atoms with van der Waals surface area (Å²) in [6, 6.07) is 3.74. The first-order valence-corrected chi connectivity index (χ1v) is 5.05. The molecule has 0 radical (unpaired) electrons. The van der Waals surface area contributed by atoms with Crippen molar-refractivity contribution in [3.63, 3.8) is 0 Å². The lowest BCUT2D eigenvalue weighted by Gasteiger charge is -2.13. The predicted octanol–water partition coefficient (Wildman–Crippen LogP) is 3.58. The van der Waals surface area contributed by atoms with E-state index in [1.54, 1.807) is 6.07 Å². The molecule has 0 saturated carbocycles. The molecule has 0 bridgehead atoms. The Kier molecular flexibility index (Phi) is 3.60. The maximum Gasteiger partial charge on any atom is 0.0627 e. The second-order valence-corrected chi connectivity index (χ2v) is 3.86. The Morgan fingerprint density at radius 3 is 2.46 bits per heavy atom. The van der Waals surface area contributed by atoms with Crippen molar-refractivity contribution in [2.75, 3.05) is 0 Å². The molecule has 1 aromatic rings. The van der Waals surface area contributed by atoms with E-state index < -0.39 is 0 Å². The predicted molar refractivity (Wildman–Crippen MR) is 58.4 cm³/mol. The first-order chi connectivity index (χ1) is 6.07. The summed E-state index contributed by atoms with van der Waals surface area (Å²) in [7, 11) is 0. The van der Waals surface area contributed by atoms with E-state index in [1.165, 1.54) is 0 Å². The summed E-state index contributed by atoms with van der Waals surface area (Å²) >= 11 is 12.0. The zero-order chi connectivity index (χ0) is 10.0. The third-order valence-corrected chi connectivity index (χ3v) is 2.92. The summed E-state index contributed by atoms with van der Waals surface area (Å²) in [6.07, 6.45) is 0.857. The average molecular weight is 218 g/mol. The molecule has 1 nitrogen and oxygen atoms in total. The van der Waals surface area contributed by atoms with Gasteiger partial charge in [0.1, 0.15) is 0 Å². The Hall–Kier alpha value is -0.240. The first kappa shape index (κ1) is 10.8. The maximum atomic E-state index is 6.06. The number of halogens is 2. The fraction of sp³-hybridized carbons (Fsp3) is 0.400. The Bertz CT molecular complexity index is 308. The van der Waals surface area contributed by atoms with Crippen molar-refractivity contribution in [2.24, 2.45) is 5.73 Å². The van der Waals surface area contributed by atoms with Crippen LogP contribution in [0.3, 0.4) is 0 Å². The van der Waals surface area contributed by atoms with Gasteiger partial charge >= 0.3 is 0 Å². The van der Waals surface area contributed by atoms with Gasteiger partial charge in [-0.2, -0.15) is 0 Å². The van der Waals surface area contributed by atoms with Crippen LogP contribution >= 0.6 is 23.2 Å². The van der Waals surface area contributed by atoms with Crippen LogP contribution in [0.4, 0.5) is 0 Å². The molecule has 0 aliphatic rings. The second kappa shape index (κ2) is 4.32. The summed E-state index contributed by atoms with van der Waals surface area (Å²) in [5.74, 6) is 0. The fourth-order valence-corrected chi connectivity index (χ4v) is 1.88. The van der Waals surface area contributed by atoms with E-state index in [0.717, 1.165) is 17.5 Å². The average Bonchev–Trinajstić information content (AvgIpc) is 2.09. The van der Waals surface area contributed by atoms with E-state index in [2.05, 4.69) is 0 Å². The fourth-order valence-electron chi connectivity index (χ4n) is 1.39. The Morgan fingerprint density at radius 1 is 1.38 bits per heavy atom. The van der Waals surface area contributed by atoms with E-state index in [4.69, 9.17) is 28.9 Å². The number of benzene rings is 1. The molecule has 1 rings (SSSR count). The van der Waals surface area contributed by atoms with Crippen molar-refractivity contribution < 1.29 is 0 Å². The quantitative estimate of drug-likeness (QED) is 0.806. The molecule has 1 atom stereocenters. The smallest absolute Gasteiger partial charge is 0.0627 e. The molecule has 0 fully saturated rings. The van der Waals surface area contributed by atoms with Gasteiger partial charge in [0.15, 0.2) is 0 Å². The van der Waals surface area contributed by atoms with Gasteiger partial charge in [-0.05, 0) is 30.5 Å². The molecule has 0 spiro atoms. The minimum atomic E-state index is 0.00437. The van der Waals surface area contributed by atoms with Gasteiger partial charge < -0.3 is 5.73 Å². The van der Waals surface area contributed by atoms with Gasteiger partial charge in [-0.1, -0.05) is 36.2 Å². The first-order valence-electron chi connectivity index (χ1n) is 4.30. The van der Waals surface area contributed by atoms with Gasteiger partial charge in [0.25, 0.3) is 0 Å². The van der Waals surface area contributed by atoms with Crippen LogP contribution in [0.1, 0.15) is 31.0 Å². The van der Waals surface area contributed by atoms with Gasteiger partial charge in [-0.25, -0.2) is 0 Å². The van der Waals surface area contributed by atoms with E-state index in [-0.39, 0.29) is 6.04 Å². The highest BCUT2D eigenvalue weighted by atomic mass is 35.5. The minimum absolute atomic E-state index is 0.00437. The van der Waals surface area contributed by atoms with Crippen molar-refractivity contribution in [1.82, 2.24) is 0 Å². The standard InChI is InChI=1S/C10H13Cl2N/c1-3-7-8(6(2)13)4-5-9(11)10(7)12/h4-6H,3,13H2,1-2H3/t6-/m1/s1. The molecule has 1 aromatic carbocycles. The van der Waals surface area contributed by atoms with E-state index >= 15 is 0 Å². The largest absolute Gasteiger partial charge is 0.324 e. The van der Waals surface area contributed by atoms with Gasteiger partial charge in [0.05, 0.1) is 10.0 Å². The molecule has 72 valence electrons. The lowest BCUT2D eigenvalue weighted by molar-refractivity contribution is 0.801. The van der Waals surface area contributed by atoms with Crippen LogP contribution in [-0.4, -0.2) is 0 Å². The normalized spacial score (nSPS) is 13.0. The Balaban J connectivity index is 3.30. The number of rotatable bonds is 2. The van der Waals surface area contributed by atoms with Crippen molar-refractivity contribution in [2.45, 2.75) is 26.3 Å². The van der Waals surface area contributed by atoms with Crippen molar-refractivity contribution in [1.29, 1.82) is 0 Å². The molecular formula is C10H13Cl2N. The van der Waals surface area contributed by atoms with Crippen molar-refractivity contribution in [3.05, 3.63) is 33.3 Å². The summed E-state index contributed by atoms with van der Waals surface area (Å²) in [4.78, 5) is 0. The lowest BCUT2D eigenvalue weighted by atomic mass is 10.0. The maximum absolute atomic E-state index is 6.06. The molecule has 0 amide bonds. The van der Waals surface area contributed by atoms with Crippen LogP contribution < -0.4 is 5.73 Å². The summed E-state index contributed by atoms with van der Waals surface area (Å²) < 4.78 is 0. The van der Waals surface area contributed by atoms with Crippen LogP contribution in [-0.2, 0) is 6.42 Å². The van der Waals surface area contributed by atoms with Gasteiger partial charge in [-0.3, -0.25) is 0 Å². The molecular weight excluding hydrogens is 205 g/mol. The van der Waals surface area contributed by atoms with E-state index in [1.807, 2.05) is 19.9 Å². The highest BCUT2D eigenvalue weighted by Gasteiger charge is 2.11. The van der Waals surface area contributed by atoms with Crippen molar-refractivity contribution in [3.8, 4) is 0 Å². The van der Waals surface area contributed by atoms with Gasteiger partial charge in [0.2, 0.25) is 0 Å². The molecule has 0 aliphatic heterocycles. The molecule has 2 N–H and O–H groups in total. The summed E-state index contributed by atoms with van der Waals surface area (Å²) in [5, 5.41) is 1.24. The van der Waals surface area contributed by atoms with Crippen LogP contribution in [0.25, 0.3) is 0 Å². The summed E-state index contributed by atoms with van der Waals surface area (Å²) in [5.41, 5.74) is 7.95. The topological polar surface area (TPSA) is 26.0 Å². The third kappa shape index (κ3) is 2.16. The monoisotopic (exact) mass is 217 g/mol. The van der Waals surface area contributed by atoms with E-state index in [0.29, 0.717) is 10.0 Å². The molecule has 0 unspecified atom stereocenters. The van der Waals surface area contributed by atoms with Gasteiger partial charge in [-0.15, -0.1) is 0 Å². The molecule has 3 heteroatoms. The van der Waals surface area contributed by atoms with E-state index in [9.17, 15) is 0 Å². The number of nitrogens with two attached hydrogens (primary N) is 1. The van der Waals surface area contributed by atoms with Crippen molar-refractivity contribution >= 4 is 23.2 Å². The highest BCUT2D eigenvalue weighted by Crippen LogP contribution is 2.31. The van der Waals surface area contributed by atoms with Crippen LogP contribution in [0.2, 0.25) is 10.0 Å². The Morgan fingerprint density at radius 2 is 2.00 bits per heavy atom. The number of hydrogen-bond acceptors (Lipinski definition) is 1. The molecule has 0 heterocycles. The zero-order valence-electron chi connectivity index (χ0n) is 7.77. The van der Waals surface area contributed by atoms with Crippen LogP contribution in [0.5, 0.6) is 0 Å². The molecule has 0 aliphatic carbocycles. The molecule has 0 saturated heterocycles. The SMILES string of the molecule is CCc1c([C@@H](C)N)ccc(Cl)c1Cl.